The van der Waals surface area contributed by atoms with Crippen LogP contribution in [0, 0.1) is 6.92 Å². The highest BCUT2D eigenvalue weighted by Crippen LogP contribution is 2.22. The predicted molar refractivity (Wildman–Crippen MR) is 127 cm³/mol. The molecule has 2 aromatic rings. The van der Waals surface area contributed by atoms with Crippen LogP contribution in [0.5, 0.6) is 0 Å². The summed E-state index contributed by atoms with van der Waals surface area (Å²) in [7, 11) is 0. The maximum absolute atomic E-state index is 12.5. The number of allylic oxidation sites excluding steroid dienone is 2. The molecule has 2 heterocycles. The van der Waals surface area contributed by atoms with Gasteiger partial charge in [-0.05, 0) is 72.8 Å². The molecule has 5 heteroatoms. The fraction of sp³-hybridized carbons (Fsp3) is 0.231. The molecule has 0 unspecified atom stereocenters. The van der Waals surface area contributed by atoms with E-state index in [1.54, 1.807) is 12.3 Å². The summed E-state index contributed by atoms with van der Waals surface area (Å²) in [5.41, 5.74) is 5.18. The Kier molecular flexibility index (Phi) is 7.21. The van der Waals surface area contributed by atoms with Gasteiger partial charge in [0.05, 0.1) is 17.0 Å². The van der Waals surface area contributed by atoms with E-state index in [4.69, 9.17) is 4.74 Å². The van der Waals surface area contributed by atoms with E-state index >= 15 is 0 Å². The number of hydrogen-bond acceptors (Lipinski definition) is 5. The van der Waals surface area contributed by atoms with E-state index in [0.717, 1.165) is 38.7 Å². The second kappa shape index (κ2) is 10.0. The van der Waals surface area contributed by atoms with Gasteiger partial charge in [-0.2, -0.15) is 0 Å². The van der Waals surface area contributed by atoms with Crippen LogP contribution >= 0.6 is 0 Å². The molecule has 0 aliphatic carbocycles. The second-order valence-corrected chi connectivity index (χ2v) is 7.50. The molecule has 160 valence electrons. The van der Waals surface area contributed by atoms with Crippen molar-refractivity contribution >= 4 is 29.9 Å². The van der Waals surface area contributed by atoms with Crippen molar-refractivity contribution in [2.75, 3.05) is 13.1 Å². The molecular formula is C26H29N3O2. The van der Waals surface area contributed by atoms with E-state index in [9.17, 15) is 4.79 Å². The zero-order valence-corrected chi connectivity index (χ0v) is 18.4. The minimum atomic E-state index is -0.316. The molecule has 1 fully saturated rings. The van der Waals surface area contributed by atoms with Crippen LogP contribution < -0.4 is 21.1 Å². The van der Waals surface area contributed by atoms with Crippen LogP contribution in [0.25, 0.3) is 23.9 Å². The Bertz CT molecular complexity index is 1160. The number of aromatic nitrogens is 1. The summed E-state index contributed by atoms with van der Waals surface area (Å²) in [6.07, 6.45) is 5.19. The number of carbonyl (C=O) groups is 1. The van der Waals surface area contributed by atoms with Gasteiger partial charge in [0.25, 0.3) is 0 Å². The van der Waals surface area contributed by atoms with Crippen molar-refractivity contribution in [2.45, 2.75) is 26.9 Å². The Balaban J connectivity index is 2.02. The van der Waals surface area contributed by atoms with Crippen LogP contribution in [0.3, 0.4) is 0 Å². The van der Waals surface area contributed by atoms with Crippen molar-refractivity contribution in [3.63, 3.8) is 0 Å². The molecule has 0 bridgehead atoms. The largest absolute Gasteiger partial charge is 0.456 e. The molecule has 0 amide bonds. The van der Waals surface area contributed by atoms with Crippen LogP contribution in [-0.2, 0) is 9.53 Å². The Morgan fingerprint density at radius 2 is 2.06 bits per heavy atom. The Morgan fingerprint density at radius 1 is 1.29 bits per heavy atom. The zero-order chi connectivity index (χ0) is 22.4. The first-order chi connectivity index (χ1) is 14.9. The smallest absolute Gasteiger partial charge is 0.338 e. The van der Waals surface area contributed by atoms with Crippen molar-refractivity contribution < 1.29 is 9.53 Å². The van der Waals surface area contributed by atoms with E-state index < -0.39 is 0 Å². The third-order valence-electron chi connectivity index (χ3n) is 5.22. The molecule has 0 radical (unpaired) electrons. The number of benzene rings is 1. The predicted octanol–water partition coefficient (Wildman–Crippen LogP) is 2.66. The summed E-state index contributed by atoms with van der Waals surface area (Å²) in [4.78, 5) is 17.2. The molecule has 3 rings (SSSR count). The van der Waals surface area contributed by atoms with Crippen molar-refractivity contribution in [2.24, 2.45) is 0 Å². The number of pyridine rings is 1. The number of carbonyl (C=O) groups excluding carboxylic acids is 1. The Labute approximate surface area is 183 Å². The van der Waals surface area contributed by atoms with E-state index in [1.165, 1.54) is 0 Å². The highest BCUT2D eigenvalue weighted by Gasteiger charge is 2.22. The van der Waals surface area contributed by atoms with Crippen LogP contribution in [0.2, 0.25) is 0 Å². The van der Waals surface area contributed by atoms with E-state index in [-0.39, 0.29) is 12.1 Å². The first-order valence-electron chi connectivity index (χ1n) is 10.3. The molecule has 5 nitrogen and oxygen atoms in total. The van der Waals surface area contributed by atoms with Gasteiger partial charge >= 0.3 is 5.97 Å². The standard InChI is InChI=1S/C26H29N3O2/c1-6-20(26(30)31-23-15-27-16-23)13-22-14-21(12-11-17(22)3)19(5)25(28-7-2)24-10-8-9-18(4)29-24/h6-14,23,27-28H,2-3,15-16H2,1,4-5H3/b20-6+,22-13-,25-19+. The van der Waals surface area contributed by atoms with Gasteiger partial charge in [0.2, 0.25) is 0 Å². The van der Waals surface area contributed by atoms with E-state index in [0.29, 0.717) is 18.7 Å². The van der Waals surface area contributed by atoms with E-state index in [2.05, 4.69) is 28.8 Å². The molecule has 31 heavy (non-hydrogen) atoms. The van der Waals surface area contributed by atoms with Crippen molar-refractivity contribution in [1.82, 2.24) is 15.6 Å². The monoisotopic (exact) mass is 415 g/mol. The minimum Gasteiger partial charge on any atom is -0.456 e. The fourth-order valence-corrected chi connectivity index (χ4v) is 3.26. The summed E-state index contributed by atoms with van der Waals surface area (Å²) in [6, 6.07) is 11.9. The topological polar surface area (TPSA) is 63.2 Å². The minimum absolute atomic E-state index is 0.0547. The van der Waals surface area contributed by atoms with Crippen molar-refractivity contribution in [3.8, 4) is 0 Å². The zero-order valence-electron chi connectivity index (χ0n) is 18.4. The summed E-state index contributed by atoms with van der Waals surface area (Å²) in [5.74, 6) is -0.316. The lowest BCUT2D eigenvalue weighted by Gasteiger charge is -2.26. The molecule has 0 atom stereocenters. The summed E-state index contributed by atoms with van der Waals surface area (Å²) >= 11 is 0. The number of ether oxygens (including phenoxy) is 1. The molecule has 1 saturated heterocycles. The maximum Gasteiger partial charge on any atom is 0.338 e. The Morgan fingerprint density at radius 3 is 2.68 bits per heavy atom. The average molecular weight is 416 g/mol. The first-order valence-corrected chi connectivity index (χ1v) is 10.3. The molecule has 1 aliphatic rings. The summed E-state index contributed by atoms with van der Waals surface area (Å²) in [6.45, 7) is 15.2. The highest BCUT2D eigenvalue weighted by molar-refractivity contribution is 5.97. The van der Waals surface area contributed by atoms with Gasteiger partial charge < -0.3 is 15.4 Å². The molecule has 1 aromatic heterocycles. The number of nitrogens with zero attached hydrogens (tertiary/aromatic N) is 1. The van der Waals surface area contributed by atoms with Crippen LogP contribution in [-0.4, -0.2) is 30.1 Å². The van der Waals surface area contributed by atoms with Crippen molar-refractivity contribution in [3.05, 3.63) is 88.2 Å². The van der Waals surface area contributed by atoms with Crippen LogP contribution in [0.15, 0.2) is 60.8 Å². The number of rotatable bonds is 7. The van der Waals surface area contributed by atoms with Crippen LogP contribution in [0.1, 0.15) is 30.8 Å². The fourth-order valence-electron chi connectivity index (χ4n) is 3.26. The highest BCUT2D eigenvalue weighted by atomic mass is 16.5. The average Bonchev–Trinajstić information content (AvgIpc) is 2.73. The molecule has 0 spiro atoms. The van der Waals surface area contributed by atoms with Gasteiger partial charge in [0.1, 0.15) is 6.10 Å². The number of aryl methyl sites for hydroxylation is 1. The SMILES string of the molecule is C=CN/C(=C(\C)c1ccc(=C)/c(=C\C(=C/C)C(=O)OC2CNC2)c1)c1cccc(C)n1. The first kappa shape index (κ1) is 22.2. The van der Waals surface area contributed by atoms with Gasteiger partial charge in [-0.25, -0.2) is 4.79 Å². The number of esters is 1. The Hall–Kier alpha value is -3.44. The third-order valence-corrected chi connectivity index (χ3v) is 5.22. The molecular weight excluding hydrogens is 386 g/mol. The summed E-state index contributed by atoms with van der Waals surface area (Å²) < 4.78 is 5.51. The number of hydrogen-bond donors (Lipinski definition) is 2. The van der Waals surface area contributed by atoms with Gasteiger partial charge in [0.15, 0.2) is 0 Å². The number of nitrogens with one attached hydrogen (secondary N) is 2. The molecule has 1 aromatic carbocycles. The second-order valence-electron chi connectivity index (χ2n) is 7.50. The van der Waals surface area contributed by atoms with Gasteiger partial charge in [0, 0.05) is 18.8 Å². The van der Waals surface area contributed by atoms with Crippen molar-refractivity contribution in [1.29, 1.82) is 0 Å². The van der Waals surface area contributed by atoms with Gasteiger partial charge in [-0.3, -0.25) is 4.98 Å². The van der Waals surface area contributed by atoms with Gasteiger partial charge in [-0.15, -0.1) is 0 Å². The maximum atomic E-state index is 12.5. The lowest BCUT2D eigenvalue weighted by molar-refractivity contribution is -0.145. The summed E-state index contributed by atoms with van der Waals surface area (Å²) in [5, 5.41) is 8.03. The van der Waals surface area contributed by atoms with E-state index in [1.807, 2.05) is 63.2 Å². The lowest BCUT2D eigenvalue weighted by Crippen LogP contribution is -2.49. The third kappa shape index (κ3) is 5.38. The molecule has 2 N–H and O–H groups in total. The van der Waals surface area contributed by atoms with Crippen LogP contribution in [0.4, 0.5) is 0 Å². The molecule has 1 aliphatic heterocycles. The normalized spacial score (nSPS) is 15.7. The molecule has 0 saturated carbocycles. The quantitative estimate of drug-likeness (QED) is 0.538. The lowest BCUT2D eigenvalue weighted by atomic mass is 10.0. The van der Waals surface area contributed by atoms with Gasteiger partial charge in [-0.1, -0.05) is 37.4 Å².